The van der Waals surface area contributed by atoms with E-state index < -0.39 is 17.9 Å². The van der Waals surface area contributed by atoms with Gasteiger partial charge in [-0.1, -0.05) is 49.2 Å². The van der Waals surface area contributed by atoms with Crippen LogP contribution >= 0.6 is 23.2 Å². The summed E-state index contributed by atoms with van der Waals surface area (Å²) in [6, 6.07) is 10.6. The van der Waals surface area contributed by atoms with Gasteiger partial charge in [-0.3, -0.25) is 4.79 Å². The van der Waals surface area contributed by atoms with Gasteiger partial charge in [-0.25, -0.2) is 0 Å². The maximum atomic E-state index is 14.6. The molecule has 1 heterocycles. The van der Waals surface area contributed by atoms with Gasteiger partial charge in [0.15, 0.2) is 5.82 Å². The second-order valence-electron chi connectivity index (χ2n) is 7.85. The van der Waals surface area contributed by atoms with E-state index >= 15 is 0 Å². The highest BCUT2D eigenvalue weighted by molar-refractivity contribution is 6.40. The predicted molar refractivity (Wildman–Crippen MR) is 131 cm³/mol. The van der Waals surface area contributed by atoms with Crippen molar-refractivity contribution in [3.05, 3.63) is 69.6 Å². The van der Waals surface area contributed by atoms with Gasteiger partial charge >= 0.3 is 0 Å². The number of phenolic OH excluding ortho intramolecular Hbond substituents is 1. The number of hydrogen-bond acceptors (Lipinski definition) is 6. The molecule has 0 saturated carbocycles. The zero-order valence-corrected chi connectivity index (χ0v) is 19.5. The molecule has 3 aromatic rings. The van der Waals surface area contributed by atoms with Crippen molar-refractivity contribution in [2.24, 2.45) is 5.73 Å². The average Bonchev–Trinajstić information content (AvgIpc) is 2.76. The highest BCUT2D eigenvalue weighted by Crippen LogP contribution is 2.39. The molecule has 0 aliphatic carbocycles. The summed E-state index contributed by atoms with van der Waals surface area (Å²) < 4.78 is 14.6. The molecule has 0 fully saturated rings. The third kappa shape index (κ3) is 5.77. The minimum absolute atomic E-state index is 0.0127. The van der Waals surface area contributed by atoms with Gasteiger partial charge in [0.25, 0.3) is 0 Å². The third-order valence-corrected chi connectivity index (χ3v) is 5.76. The van der Waals surface area contributed by atoms with Crippen LogP contribution in [0.15, 0.2) is 42.5 Å². The Morgan fingerprint density at radius 1 is 1.15 bits per heavy atom. The lowest BCUT2D eigenvalue weighted by Crippen LogP contribution is -2.37. The van der Waals surface area contributed by atoms with Crippen LogP contribution in [0.25, 0.3) is 0 Å². The lowest BCUT2D eigenvalue weighted by Gasteiger charge is -2.20. The van der Waals surface area contributed by atoms with Gasteiger partial charge in [0, 0.05) is 17.8 Å². The molecular formula is C23H24Cl2FN5O2. The summed E-state index contributed by atoms with van der Waals surface area (Å²) in [7, 11) is 0. The molecule has 0 saturated heterocycles. The lowest BCUT2D eigenvalue weighted by atomic mass is 10.0. The molecule has 0 aliphatic heterocycles. The van der Waals surface area contributed by atoms with Gasteiger partial charge in [-0.15, -0.1) is 0 Å². The highest BCUT2D eigenvalue weighted by atomic mass is 35.5. The van der Waals surface area contributed by atoms with Crippen LogP contribution < -0.4 is 22.1 Å². The number of pyridine rings is 1. The number of carbonyl (C=O) groups excluding carboxylic acids is 1. The lowest BCUT2D eigenvalue weighted by molar-refractivity contribution is -0.118. The Balaban J connectivity index is 1.93. The van der Waals surface area contributed by atoms with E-state index in [1.54, 1.807) is 24.3 Å². The number of nitrogens with one attached hydrogen (secondary N) is 2. The van der Waals surface area contributed by atoms with E-state index in [-0.39, 0.29) is 39.6 Å². The smallest absolute Gasteiger partial charge is 0.240 e. The Labute approximate surface area is 200 Å². The van der Waals surface area contributed by atoms with E-state index in [1.165, 1.54) is 12.1 Å². The third-order valence-electron chi connectivity index (χ3n) is 5.05. The van der Waals surface area contributed by atoms with Crippen molar-refractivity contribution in [3.8, 4) is 5.75 Å². The predicted octanol–water partition coefficient (Wildman–Crippen LogP) is 5.19. The van der Waals surface area contributed by atoms with Gasteiger partial charge in [0.1, 0.15) is 21.8 Å². The first-order valence-electron chi connectivity index (χ1n) is 10.1. The zero-order valence-electron chi connectivity index (χ0n) is 18.0. The normalized spacial score (nSPS) is 11.9. The Morgan fingerprint density at radius 2 is 1.82 bits per heavy atom. The van der Waals surface area contributed by atoms with Gasteiger partial charge in [0.2, 0.25) is 11.9 Å². The molecule has 33 heavy (non-hydrogen) atoms. The second kappa shape index (κ2) is 10.1. The topological polar surface area (TPSA) is 126 Å². The van der Waals surface area contributed by atoms with E-state index in [1.807, 2.05) is 19.9 Å². The maximum absolute atomic E-state index is 14.6. The number of amides is 1. The fourth-order valence-electron chi connectivity index (χ4n) is 3.27. The van der Waals surface area contributed by atoms with E-state index in [9.17, 15) is 14.3 Å². The Kier molecular flexibility index (Phi) is 7.50. The summed E-state index contributed by atoms with van der Waals surface area (Å²) >= 11 is 12.6. The van der Waals surface area contributed by atoms with Crippen molar-refractivity contribution < 1.29 is 14.3 Å². The van der Waals surface area contributed by atoms with Crippen LogP contribution in [-0.4, -0.2) is 22.0 Å². The molecule has 7 nitrogen and oxygen atoms in total. The SMILES string of the molecule is CC(C)c1cc(Nc2c(Cl)c(F)nc(NC(Cc3ccc(O)cc3)C(N)=O)c2Cl)ccc1N. The number of phenols is 1. The van der Waals surface area contributed by atoms with Crippen LogP contribution in [0.5, 0.6) is 5.75 Å². The number of aromatic hydroxyl groups is 1. The van der Waals surface area contributed by atoms with Crippen molar-refractivity contribution in [2.75, 3.05) is 16.4 Å². The molecule has 0 aliphatic rings. The molecule has 1 unspecified atom stereocenters. The monoisotopic (exact) mass is 491 g/mol. The van der Waals surface area contributed by atoms with Crippen molar-refractivity contribution in [1.82, 2.24) is 4.98 Å². The summed E-state index contributed by atoms with van der Waals surface area (Å²) in [5, 5.41) is 14.9. The highest BCUT2D eigenvalue weighted by Gasteiger charge is 2.23. The molecule has 0 bridgehead atoms. The number of halogens is 3. The average molecular weight is 492 g/mol. The summed E-state index contributed by atoms with van der Waals surface area (Å²) in [5.74, 6) is -1.50. The fourth-order valence-corrected chi connectivity index (χ4v) is 3.74. The molecule has 3 rings (SSSR count). The summed E-state index contributed by atoms with van der Waals surface area (Å²) in [5.41, 5.74) is 14.5. The number of nitrogen functional groups attached to an aromatic ring is 1. The van der Waals surface area contributed by atoms with Crippen LogP contribution in [0.1, 0.15) is 30.9 Å². The van der Waals surface area contributed by atoms with E-state index in [0.29, 0.717) is 11.4 Å². The molecule has 2 aromatic carbocycles. The van der Waals surface area contributed by atoms with Crippen molar-refractivity contribution in [3.63, 3.8) is 0 Å². The number of carbonyl (C=O) groups is 1. The standard InChI is InChI=1S/C23H24Cl2FN5O2/c1-11(2)15-10-13(5-8-16(15)27)29-20-18(24)21(26)31-23(19(20)25)30-17(22(28)33)9-12-3-6-14(32)7-4-12/h3-8,10-11,17,32H,9,27H2,1-2H3,(H2,28,33)(H2,29,30,31). The van der Waals surface area contributed by atoms with Gasteiger partial charge in [-0.2, -0.15) is 9.37 Å². The van der Waals surface area contributed by atoms with Crippen molar-refractivity contribution in [2.45, 2.75) is 32.2 Å². The maximum Gasteiger partial charge on any atom is 0.240 e. The van der Waals surface area contributed by atoms with Crippen LogP contribution in [0.3, 0.4) is 0 Å². The summed E-state index contributed by atoms with van der Waals surface area (Å²) in [6.45, 7) is 4.00. The van der Waals surface area contributed by atoms with Crippen LogP contribution in [0, 0.1) is 5.95 Å². The number of anilines is 4. The van der Waals surface area contributed by atoms with E-state index in [4.69, 9.17) is 34.7 Å². The summed E-state index contributed by atoms with van der Waals surface area (Å²) in [4.78, 5) is 15.8. The number of nitrogens with zero attached hydrogens (tertiary/aromatic N) is 1. The molecule has 0 spiro atoms. The molecule has 10 heteroatoms. The molecule has 7 N–H and O–H groups in total. The molecule has 1 atom stereocenters. The number of hydrogen-bond donors (Lipinski definition) is 5. The Morgan fingerprint density at radius 3 is 2.42 bits per heavy atom. The largest absolute Gasteiger partial charge is 0.508 e. The molecule has 1 aromatic heterocycles. The Hall–Kier alpha value is -3.23. The minimum atomic E-state index is -0.974. The number of nitrogens with two attached hydrogens (primary N) is 2. The fraction of sp³-hybridized carbons (Fsp3) is 0.217. The zero-order chi connectivity index (χ0) is 24.3. The summed E-state index contributed by atoms with van der Waals surface area (Å²) in [6.07, 6.45) is 0.163. The minimum Gasteiger partial charge on any atom is -0.508 e. The quantitative estimate of drug-likeness (QED) is 0.218. The van der Waals surface area contributed by atoms with Crippen molar-refractivity contribution in [1.29, 1.82) is 0 Å². The molecule has 1 amide bonds. The number of benzene rings is 2. The van der Waals surface area contributed by atoms with E-state index in [0.717, 1.165) is 11.1 Å². The van der Waals surface area contributed by atoms with Gasteiger partial charge in [0.05, 0.1) is 5.69 Å². The number of rotatable bonds is 8. The molecule has 0 radical (unpaired) electrons. The molecule has 174 valence electrons. The van der Waals surface area contributed by atoms with Gasteiger partial charge < -0.3 is 27.2 Å². The first-order valence-corrected chi connectivity index (χ1v) is 10.9. The number of aromatic nitrogens is 1. The second-order valence-corrected chi connectivity index (χ2v) is 8.60. The van der Waals surface area contributed by atoms with Crippen LogP contribution in [0.2, 0.25) is 10.0 Å². The van der Waals surface area contributed by atoms with Crippen LogP contribution in [-0.2, 0) is 11.2 Å². The molecular weight excluding hydrogens is 468 g/mol. The van der Waals surface area contributed by atoms with E-state index in [2.05, 4.69) is 15.6 Å². The Bertz CT molecular complexity index is 1170. The van der Waals surface area contributed by atoms with Crippen LogP contribution in [0.4, 0.5) is 27.3 Å². The number of primary amides is 1. The first kappa shape index (κ1) is 24.4. The van der Waals surface area contributed by atoms with Crippen molar-refractivity contribution >= 4 is 52.0 Å². The first-order chi connectivity index (χ1) is 15.6. The van der Waals surface area contributed by atoms with Gasteiger partial charge in [-0.05, 0) is 47.4 Å².